The van der Waals surface area contributed by atoms with Crippen molar-refractivity contribution < 1.29 is 12.8 Å². The topological polar surface area (TPSA) is 71.1 Å². The van der Waals surface area contributed by atoms with Crippen LogP contribution in [0.1, 0.15) is 30.8 Å². The minimum Gasteiger partial charge on any atom is -0.461 e. The maximum atomic E-state index is 12.5. The van der Waals surface area contributed by atoms with E-state index in [0.717, 1.165) is 16.7 Å². The number of nitrogens with zero attached hydrogens (tertiary/aromatic N) is 1. The van der Waals surface area contributed by atoms with Gasteiger partial charge in [0.1, 0.15) is 17.6 Å². The van der Waals surface area contributed by atoms with Gasteiger partial charge in [0.25, 0.3) is 0 Å². The van der Waals surface area contributed by atoms with E-state index in [1.165, 1.54) is 18.2 Å². The molecule has 2 atom stereocenters. The fourth-order valence-electron chi connectivity index (χ4n) is 2.40. The SMILES string of the molecule is C[C@H]1C[C@H]1c1ccc(/C=C(\C#N)S(=O)(=O)c2ccc(Br)cc2)o1. The van der Waals surface area contributed by atoms with E-state index in [2.05, 4.69) is 22.9 Å². The summed E-state index contributed by atoms with van der Waals surface area (Å²) in [5, 5.41) is 9.26. The Kier molecular flexibility index (Phi) is 4.17. The molecule has 1 heterocycles. The lowest BCUT2D eigenvalue weighted by molar-refractivity contribution is 0.497. The largest absolute Gasteiger partial charge is 0.461 e. The molecule has 1 aliphatic carbocycles. The van der Waals surface area contributed by atoms with Crippen LogP contribution >= 0.6 is 15.9 Å². The Bertz CT molecular complexity index is 904. The molecule has 0 saturated heterocycles. The standard InChI is InChI=1S/C17H14BrNO3S/c1-11-8-16(11)17-7-4-13(22-17)9-15(10-19)23(20,21)14-5-2-12(18)3-6-14/h2-7,9,11,16H,8H2,1H3/b15-9+/t11-,16+/m0/s1. The van der Waals surface area contributed by atoms with Gasteiger partial charge in [-0.25, -0.2) is 8.42 Å². The molecule has 1 aromatic carbocycles. The summed E-state index contributed by atoms with van der Waals surface area (Å²) in [6.07, 6.45) is 2.37. The highest BCUT2D eigenvalue weighted by Gasteiger charge is 2.36. The molecule has 0 bridgehead atoms. The predicted molar refractivity (Wildman–Crippen MR) is 90.1 cm³/mol. The van der Waals surface area contributed by atoms with Crippen LogP contribution in [0.5, 0.6) is 0 Å². The van der Waals surface area contributed by atoms with Crippen LogP contribution in [0.3, 0.4) is 0 Å². The summed E-state index contributed by atoms with van der Waals surface area (Å²) in [6.45, 7) is 2.14. The Morgan fingerprint density at radius 2 is 1.96 bits per heavy atom. The van der Waals surface area contributed by atoms with E-state index in [1.807, 2.05) is 6.07 Å². The summed E-state index contributed by atoms with van der Waals surface area (Å²) < 4.78 is 31.5. The Balaban J connectivity index is 1.93. The second-order valence-corrected chi connectivity index (χ2v) is 8.47. The first-order valence-corrected chi connectivity index (χ1v) is 9.41. The van der Waals surface area contributed by atoms with Crippen molar-refractivity contribution >= 4 is 31.8 Å². The summed E-state index contributed by atoms with van der Waals surface area (Å²) in [4.78, 5) is -0.249. The molecule has 118 valence electrons. The van der Waals surface area contributed by atoms with Gasteiger partial charge in [-0.1, -0.05) is 22.9 Å². The smallest absolute Gasteiger partial charge is 0.216 e. The zero-order chi connectivity index (χ0) is 16.6. The number of furan rings is 1. The van der Waals surface area contributed by atoms with E-state index >= 15 is 0 Å². The monoisotopic (exact) mass is 391 g/mol. The highest BCUT2D eigenvalue weighted by atomic mass is 79.9. The van der Waals surface area contributed by atoms with Gasteiger partial charge in [0.2, 0.25) is 9.84 Å². The van der Waals surface area contributed by atoms with Crippen LogP contribution in [0.25, 0.3) is 6.08 Å². The third kappa shape index (κ3) is 3.26. The van der Waals surface area contributed by atoms with Crippen molar-refractivity contribution in [2.45, 2.75) is 24.2 Å². The van der Waals surface area contributed by atoms with Crippen molar-refractivity contribution in [1.82, 2.24) is 0 Å². The van der Waals surface area contributed by atoms with Gasteiger partial charge in [-0.15, -0.1) is 0 Å². The number of allylic oxidation sites excluding steroid dienone is 1. The molecule has 0 aliphatic heterocycles. The van der Waals surface area contributed by atoms with Crippen LogP contribution in [0, 0.1) is 17.2 Å². The van der Waals surface area contributed by atoms with Gasteiger partial charge in [-0.3, -0.25) is 0 Å². The fraction of sp³-hybridized carbons (Fsp3) is 0.235. The normalized spacial score (nSPS) is 21.0. The molecule has 0 radical (unpaired) electrons. The molecule has 0 N–H and O–H groups in total. The Hall–Kier alpha value is -1.84. The quantitative estimate of drug-likeness (QED) is 0.718. The van der Waals surface area contributed by atoms with Crippen molar-refractivity contribution in [1.29, 1.82) is 5.26 Å². The van der Waals surface area contributed by atoms with Crippen LogP contribution in [0.4, 0.5) is 0 Å². The van der Waals surface area contributed by atoms with E-state index < -0.39 is 9.84 Å². The zero-order valence-electron chi connectivity index (χ0n) is 12.4. The zero-order valence-corrected chi connectivity index (χ0v) is 14.8. The van der Waals surface area contributed by atoms with E-state index in [1.54, 1.807) is 24.3 Å². The molecular formula is C17H14BrNO3S. The third-order valence-corrected chi connectivity index (χ3v) is 6.13. The second-order valence-electron chi connectivity index (χ2n) is 5.64. The third-order valence-electron chi connectivity index (χ3n) is 3.92. The molecule has 1 saturated carbocycles. The highest BCUT2D eigenvalue weighted by Crippen LogP contribution is 2.47. The van der Waals surface area contributed by atoms with Crippen molar-refractivity contribution in [3.05, 3.63) is 57.3 Å². The van der Waals surface area contributed by atoms with Gasteiger partial charge in [0, 0.05) is 16.5 Å². The van der Waals surface area contributed by atoms with Gasteiger partial charge in [-0.2, -0.15) is 5.26 Å². The molecule has 1 fully saturated rings. The molecule has 6 heteroatoms. The van der Waals surface area contributed by atoms with Gasteiger partial charge >= 0.3 is 0 Å². The number of rotatable bonds is 4. The summed E-state index contributed by atoms with van der Waals surface area (Å²) in [6, 6.07) is 11.5. The molecule has 1 aromatic heterocycles. The lowest BCUT2D eigenvalue weighted by Gasteiger charge is -2.02. The summed E-state index contributed by atoms with van der Waals surface area (Å²) in [5.41, 5.74) is 0. The van der Waals surface area contributed by atoms with Crippen LogP contribution in [0.15, 0.2) is 55.1 Å². The van der Waals surface area contributed by atoms with Gasteiger partial charge in [0.15, 0.2) is 4.91 Å². The molecule has 0 unspecified atom stereocenters. The van der Waals surface area contributed by atoms with E-state index in [9.17, 15) is 13.7 Å². The second kappa shape index (κ2) is 5.99. The highest BCUT2D eigenvalue weighted by molar-refractivity contribution is 9.10. The number of sulfone groups is 1. The van der Waals surface area contributed by atoms with Gasteiger partial charge < -0.3 is 4.42 Å². The molecule has 23 heavy (non-hydrogen) atoms. The van der Waals surface area contributed by atoms with Crippen molar-refractivity contribution in [2.75, 3.05) is 0 Å². The van der Waals surface area contributed by atoms with Crippen LogP contribution < -0.4 is 0 Å². The van der Waals surface area contributed by atoms with Crippen LogP contribution in [0.2, 0.25) is 0 Å². The fourth-order valence-corrected chi connectivity index (χ4v) is 3.81. The number of halogens is 1. The maximum absolute atomic E-state index is 12.5. The molecule has 0 spiro atoms. The van der Waals surface area contributed by atoms with E-state index in [0.29, 0.717) is 17.6 Å². The maximum Gasteiger partial charge on any atom is 0.216 e. The molecular weight excluding hydrogens is 378 g/mol. The van der Waals surface area contributed by atoms with E-state index in [-0.39, 0.29) is 9.80 Å². The van der Waals surface area contributed by atoms with Crippen molar-refractivity contribution in [2.24, 2.45) is 5.92 Å². The van der Waals surface area contributed by atoms with Gasteiger partial charge in [0.05, 0.1) is 4.90 Å². The number of hydrogen-bond acceptors (Lipinski definition) is 4. The van der Waals surface area contributed by atoms with E-state index in [4.69, 9.17) is 4.42 Å². The predicted octanol–water partition coefficient (Wildman–Crippen LogP) is 4.50. The lowest BCUT2D eigenvalue weighted by atomic mass is 10.3. The Morgan fingerprint density at radius 1 is 1.30 bits per heavy atom. The summed E-state index contributed by atoms with van der Waals surface area (Å²) >= 11 is 3.26. The van der Waals surface area contributed by atoms with Crippen molar-refractivity contribution in [3.63, 3.8) is 0 Å². The van der Waals surface area contributed by atoms with Crippen molar-refractivity contribution in [3.8, 4) is 6.07 Å². The molecule has 1 aliphatic rings. The Labute approximate surface area is 143 Å². The first kappa shape index (κ1) is 16.0. The lowest BCUT2D eigenvalue weighted by Crippen LogP contribution is -2.03. The molecule has 2 aromatic rings. The van der Waals surface area contributed by atoms with Crippen LogP contribution in [-0.2, 0) is 9.84 Å². The first-order valence-electron chi connectivity index (χ1n) is 7.14. The Morgan fingerprint density at radius 3 is 2.52 bits per heavy atom. The summed E-state index contributed by atoms with van der Waals surface area (Å²) in [5.74, 6) is 2.24. The first-order chi connectivity index (χ1) is 10.9. The average molecular weight is 392 g/mol. The summed E-state index contributed by atoms with van der Waals surface area (Å²) in [7, 11) is -3.85. The van der Waals surface area contributed by atoms with Gasteiger partial charge in [-0.05, 0) is 48.7 Å². The number of nitriles is 1. The minimum absolute atomic E-state index is 0.0797. The molecule has 0 amide bonds. The molecule has 4 nitrogen and oxygen atoms in total. The number of hydrogen-bond donors (Lipinski definition) is 0. The molecule has 3 rings (SSSR count). The minimum atomic E-state index is -3.85. The van der Waals surface area contributed by atoms with Crippen LogP contribution in [-0.4, -0.2) is 8.42 Å². The average Bonchev–Trinajstić information content (AvgIpc) is 3.07. The number of benzene rings is 1.